The number of fused-ring (bicyclic) bond motifs is 1. The van der Waals surface area contributed by atoms with E-state index in [9.17, 15) is 0 Å². The second kappa shape index (κ2) is 7.13. The monoisotopic (exact) mass is 424 g/mol. The third-order valence-electron chi connectivity index (χ3n) is 5.59. The average Bonchev–Trinajstić information content (AvgIpc) is 2.67. The van der Waals surface area contributed by atoms with Crippen LogP contribution in [0.25, 0.3) is 22.3 Å². The summed E-state index contributed by atoms with van der Waals surface area (Å²) in [7, 11) is 0. The molecule has 2 fully saturated rings. The predicted octanol–water partition coefficient (Wildman–Crippen LogP) is 3.53. The first-order valence-corrected chi connectivity index (χ1v) is 10.3. The molecule has 138 valence electrons. The van der Waals surface area contributed by atoms with Crippen LogP contribution in [0.5, 0.6) is 0 Å². The molecule has 27 heavy (non-hydrogen) atoms. The number of pyridine rings is 2. The Morgan fingerprint density at radius 1 is 1.04 bits per heavy atom. The van der Waals surface area contributed by atoms with Crippen LogP contribution in [0.2, 0.25) is 0 Å². The zero-order chi connectivity index (χ0) is 18.2. The van der Waals surface area contributed by atoms with E-state index in [1.807, 2.05) is 18.5 Å². The normalized spacial score (nSPS) is 17.9. The zero-order valence-corrected chi connectivity index (χ0v) is 16.6. The molecular weight excluding hydrogens is 404 g/mol. The van der Waals surface area contributed by atoms with Gasteiger partial charge in [0, 0.05) is 60.2 Å². The maximum Gasteiger partial charge on any atom is 0.163 e. The largest absolute Gasteiger partial charge is 0.353 e. The van der Waals surface area contributed by atoms with Crippen molar-refractivity contribution in [1.82, 2.24) is 25.3 Å². The summed E-state index contributed by atoms with van der Waals surface area (Å²) in [6, 6.07) is 1.95. The second-order valence-corrected chi connectivity index (χ2v) is 8.07. The van der Waals surface area contributed by atoms with Gasteiger partial charge in [0.1, 0.15) is 5.82 Å². The number of rotatable bonds is 3. The van der Waals surface area contributed by atoms with E-state index in [4.69, 9.17) is 9.97 Å². The van der Waals surface area contributed by atoms with Gasteiger partial charge in [-0.1, -0.05) is 6.42 Å². The van der Waals surface area contributed by atoms with E-state index in [0.29, 0.717) is 5.92 Å². The van der Waals surface area contributed by atoms with Crippen LogP contribution in [0.3, 0.4) is 0 Å². The van der Waals surface area contributed by atoms with Gasteiger partial charge >= 0.3 is 0 Å². The van der Waals surface area contributed by atoms with Crippen molar-refractivity contribution in [2.75, 3.05) is 31.1 Å². The van der Waals surface area contributed by atoms with Crippen LogP contribution in [0, 0.1) is 0 Å². The van der Waals surface area contributed by atoms with E-state index < -0.39 is 0 Å². The van der Waals surface area contributed by atoms with Gasteiger partial charge in [0.2, 0.25) is 0 Å². The highest BCUT2D eigenvalue weighted by Crippen LogP contribution is 2.42. The smallest absolute Gasteiger partial charge is 0.163 e. The van der Waals surface area contributed by atoms with Crippen molar-refractivity contribution in [2.45, 2.75) is 25.2 Å². The Kier molecular flexibility index (Phi) is 4.49. The van der Waals surface area contributed by atoms with Crippen LogP contribution in [0.1, 0.15) is 30.7 Å². The Bertz CT molecular complexity index is 981. The van der Waals surface area contributed by atoms with Crippen LogP contribution in [0.15, 0.2) is 35.3 Å². The molecule has 0 atom stereocenters. The summed E-state index contributed by atoms with van der Waals surface area (Å²) in [5.74, 6) is 2.35. The van der Waals surface area contributed by atoms with Gasteiger partial charge in [0.15, 0.2) is 5.82 Å². The molecule has 1 saturated carbocycles. The SMILES string of the molecule is Brc1cnccc1-c1nc(N2CCNCC2)c2c(C3CCC3)cncc2n1. The Balaban J connectivity index is 1.74. The third-order valence-corrected chi connectivity index (χ3v) is 6.22. The van der Waals surface area contributed by atoms with Gasteiger partial charge in [-0.3, -0.25) is 9.97 Å². The summed E-state index contributed by atoms with van der Waals surface area (Å²) in [5, 5.41) is 4.62. The van der Waals surface area contributed by atoms with E-state index in [0.717, 1.165) is 53.4 Å². The number of nitrogens with one attached hydrogen (secondary N) is 1. The van der Waals surface area contributed by atoms with Crippen molar-refractivity contribution < 1.29 is 0 Å². The molecule has 1 aliphatic heterocycles. The zero-order valence-electron chi connectivity index (χ0n) is 15.0. The van der Waals surface area contributed by atoms with Crippen molar-refractivity contribution >= 4 is 32.7 Å². The minimum absolute atomic E-state index is 0.588. The number of nitrogens with zero attached hydrogens (tertiary/aromatic N) is 5. The van der Waals surface area contributed by atoms with Gasteiger partial charge in [0.25, 0.3) is 0 Å². The molecule has 1 aliphatic carbocycles. The van der Waals surface area contributed by atoms with Crippen LogP contribution in [0.4, 0.5) is 5.82 Å². The molecule has 3 aromatic rings. The summed E-state index contributed by atoms with van der Waals surface area (Å²) >= 11 is 3.59. The highest BCUT2D eigenvalue weighted by Gasteiger charge is 2.26. The molecule has 6 nitrogen and oxygen atoms in total. The molecule has 0 radical (unpaired) electrons. The van der Waals surface area contributed by atoms with Gasteiger partial charge < -0.3 is 10.2 Å². The van der Waals surface area contributed by atoms with Crippen LogP contribution in [-0.4, -0.2) is 46.1 Å². The van der Waals surface area contributed by atoms with Crippen molar-refractivity contribution in [3.05, 3.63) is 40.9 Å². The van der Waals surface area contributed by atoms with Crippen LogP contribution in [-0.2, 0) is 0 Å². The summed E-state index contributed by atoms with van der Waals surface area (Å²) < 4.78 is 0.902. The maximum atomic E-state index is 5.06. The fraction of sp³-hybridized carbons (Fsp3) is 0.400. The topological polar surface area (TPSA) is 66.8 Å². The molecule has 0 bridgehead atoms. The number of anilines is 1. The molecule has 0 aromatic carbocycles. The summed E-state index contributed by atoms with van der Waals surface area (Å²) in [6.45, 7) is 3.86. The van der Waals surface area contributed by atoms with E-state index in [1.165, 1.54) is 30.2 Å². The second-order valence-electron chi connectivity index (χ2n) is 7.21. The highest BCUT2D eigenvalue weighted by molar-refractivity contribution is 9.10. The molecular formula is C20H21BrN6. The third kappa shape index (κ3) is 3.08. The van der Waals surface area contributed by atoms with Crippen molar-refractivity contribution in [3.63, 3.8) is 0 Å². The number of aromatic nitrogens is 4. The Morgan fingerprint density at radius 3 is 2.63 bits per heavy atom. The van der Waals surface area contributed by atoms with Gasteiger partial charge in [0.05, 0.1) is 11.7 Å². The molecule has 0 amide bonds. The standard InChI is InChI=1S/C20H21BrN6/c21-16-11-23-5-4-14(16)19-25-17-12-24-10-15(13-2-1-3-13)18(17)20(26-19)27-8-6-22-7-9-27/h4-5,10-13,22H,1-3,6-9H2. The highest BCUT2D eigenvalue weighted by atomic mass is 79.9. The van der Waals surface area contributed by atoms with Crippen molar-refractivity contribution in [1.29, 1.82) is 0 Å². The number of hydrogen-bond acceptors (Lipinski definition) is 6. The van der Waals surface area contributed by atoms with E-state index >= 15 is 0 Å². The first-order valence-electron chi connectivity index (χ1n) is 9.52. The number of piperazine rings is 1. The predicted molar refractivity (Wildman–Crippen MR) is 110 cm³/mol. The quantitative estimate of drug-likeness (QED) is 0.693. The van der Waals surface area contributed by atoms with Gasteiger partial charge in [-0.2, -0.15) is 0 Å². The first kappa shape index (κ1) is 17.0. The van der Waals surface area contributed by atoms with Crippen LogP contribution >= 0.6 is 15.9 Å². The molecule has 3 aromatic heterocycles. The minimum atomic E-state index is 0.588. The molecule has 0 spiro atoms. The maximum absolute atomic E-state index is 5.06. The van der Waals surface area contributed by atoms with E-state index in [2.05, 4.69) is 36.1 Å². The van der Waals surface area contributed by atoms with Crippen molar-refractivity contribution in [3.8, 4) is 11.4 Å². The number of hydrogen-bond donors (Lipinski definition) is 1. The molecule has 1 N–H and O–H groups in total. The lowest BCUT2D eigenvalue weighted by molar-refractivity contribution is 0.421. The van der Waals surface area contributed by atoms with E-state index in [-0.39, 0.29) is 0 Å². The van der Waals surface area contributed by atoms with E-state index in [1.54, 1.807) is 12.4 Å². The summed E-state index contributed by atoms with van der Waals surface area (Å²) in [5.41, 5.74) is 3.20. The summed E-state index contributed by atoms with van der Waals surface area (Å²) in [4.78, 5) is 21.0. The molecule has 1 saturated heterocycles. The van der Waals surface area contributed by atoms with Gasteiger partial charge in [-0.25, -0.2) is 9.97 Å². The lowest BCUT2D eigenvalue weighted by Gasteiger charge is -2.32. The van der Waals surface area contributed by atoms with Gasteiger partial charge in [-0.05, 0) is 46.3 Å². The molecule has 4 heterocycles. The lowest BCUT2D eigenvalue weighted by Crippen LogP contribution is -2.44. The molecule has 0 unspecified atom stereocenters. The Hall–Kier alpha value is -2.12. The van der Waals surface area contributed by atoms with Crippen LogP contribution < -0.4 is 10.2 Å². The minimum Gasteiger partial charge on any atom is -0.353 e. The lowest BCUT2D eigenvalue weighted by atomic mass is 9.79. The van der Waals surface area contributed by atoms with Gasteiger partial charge in [-0.15, -0.1) is 0 Å². The molecule has 7 heteroatoms. The Labute approximate surface area is 166 Å². The van der Waals surface area contributed by atoms with Crippen molar-refractivity contribution in [2.24, 2.45) is 0 Å². The first-order chi connectivity index (χ1) is 13.3. The Morgan fingerprint density at radius 2 is 1.89 bits per heavy atom. The molecule has 2 aliphatic rings. The molecule has 5 rings (SSSR count). The average molecular weight is 425 g/mol. The fourth-order valence-corrected chi connectivity index (χ4v) is 4.33. The number of halogens is 1. The fourth-order valence-electron chi connectivity index (χ4n) is 3.90. The summed E-state index contributed by atoms with van der Waals surface area (Å²) in [6.07, 6.45) is 11.2.